The number of aliphatic hydroxyl groups is 2. The van der Waals surface area contributed by atoms with Crippen molar-refractivity contribution in [2.75, 3.05) is 26.2 Å². The molecular weight excluding hydrogens is 410 g/mol. The van der Waals surface area contributed by atoms with E-state index >= 15 is 0 Å². The number of rotatable bonds is 1. The molecule has 2 atom stereocenters. The number of aromatic nitrogens is 1. The third kappa shape index (κ3) is 5.08. The van der Waals surface area contributed by atoms with Crippen molar-refractivity contribution in [1.29, 1.82) is 0 Å². The van der Waals surface area contributed by atoms with Crippen molar-refractivity contribution in [2.24, 2.45) is 5.41 Å². The first-order chi connectivity index (χ1) is 15.5. The van der Waals surface area contributed by atoms with E-state index in [1.54, 1.807) is 41.6 Å². The van der Waals surface area contributed by atoms with E-state index in [1.165, 1.54) is 0 Å². The fraction of sp³-hybridized carbons (Fsp3) is 0.458. The van der Waals surface area contributed by atoms with Crippen molar-refractivity contribution in [1.82, 2.24) is 15.2 Å². The van der Waals surface area contributed by atoms with Crippen molar-refractivity contribution < 1.29 is 24.5 Å². The molecule has 2 aromatic rings. The van der Waals surface area contributed by atoms with Crippen molar-refractivity contribution in [3.63, 3.8) is 0 Å². The highest BCUT2D eigenvalue weighted by Gasteiger charge is 2.39. The number of likely N-dealkylation sites (tertiary alicyclic amines) is 1. The van der Waals surface area contributed by atoms with E-state index in [4.69, 9.17) is 4.74 Å². The van der Waals surface area contributed by atoms with Gasteiger partial charge in [-0.2, -0.15) is 0 Å². The lowest BCUT2D eigenvalue weighted by Crippen LogP contribution is -2.51. The molecule has 0 aliphatic carbocycles. The standard InChI is InChI=1S/C24H29N3O5/c28-19-13-18-3-1-2-4-21(18)32-15-22(30)26-16-24(14-20(19)29)7-11-27(12-8-24)23(31)17-5-9-25-10-6-17/h1-6,9-10,19-20,28-29H,7-8,11-16H2,(H,26,30)/t19-,20+/m0/s1. The minimum atomic E-state index is -0.957. The first kappa shape index (κ1) is 22.2. The molecule has 1 saturated heterocycles. The third-order valence-corrected chi connectivity index (χ3v) is 6.55. The molecule has 1 fully saturated rings. The summed E-state index contributed by atoms with van der Waals surface area (Å²) in [7, 11) is 0. The van der Waals surface area contributed by atoms with Crippen LogP contribution in [0.4, 0.5) is 0 Å². The average molecular weight is 440 g/mol. The lowest BCUT2D eigenvalue weighted by Gasteiger charge is -2.43. The van der Waals surface area contributed by atoms with Crippen LogP contribution in [-0.4, -0.2) is 70.4 Å². The SMILES string of the molecule is O=C1COc2ccccc2C[C@H](O)[C@H](O)CC2(CCN(C(=O)c3ccncc3)CC2)CN1. The molecule has 4 rings (SSSR count). The lowest BCUT2D eigenvalue weighted by molar-refractivity contribution is -0.124. The topological polar surface area (TPSA) is 112 Å². The van der Waals surface area contributed by atoms with Gasteiger partial charge in [0.1, 0.15) is 5.75 Å². The maximum Gasteiger partial charge on any atom is 0.257 e. The van der Waals surface area contributed by atoms with Crippen LogP contribution in [-0.2, 0) is 11.2 Å². The molecule has 2 aliphatic rings. The molecule has 8 heteroatoms. The molecule has 2 amide bonds. The maximum absolute atomic E-state index is 12.8. The summed E-state index contributed by atoms with van der Waals surface area (Å²) in [6.07, 6.45) is 3.09. The van der Waals surface area contributed by atoms with E-state index in [9.17, 15) is 19.8 Å². The summed E-state index contributed by atoms with van der Waals surface area (Å²) in [5, 5.41) is 24.5. The van der Waals surface area contributed by atoms with Crippen LogP contribution in [0, 0.1) is 5.41 Å². The van der Waals surface area contributed by atoms with Crippen LogP contribution in [0.1, 0.15) is 35.2 Å². The Morgan fingerprint density at radius 1 is 1.09 bits per heavy atom. The molecule has 0 unspecified atom stereocenters. The average Bonchev–Trinajstić information content (AvgIpc) is 2.82. The number of amides is 2. The Bertz CT molecular complexity index is 944. The quantitative estimate of drug-likeness (QED) is 0.615. The Morgan fingerprint density at radius 3 is 2.56 bits per heavy atom. The number of piperidine rings is 1. The second-order valence-corrected chi connectivity index (χ2v) is 8.74. The predicted octanol–water partition coefficient (Wildman–Crippen LogP) is 1.17. The van der Waals surface area contributed by atoms with Gasteiger partial charge in [-0.15, -0.1) is 0 Å². The van der Waals surface area contributed by atoms with E-state index in [0.29, 0.717) is 50.2 Å². The molecular formula is C24H29N3O5. The molecule has 0 saturated carbocycles. The number of pyridine rings is 1. The van der Waals surface area contributed by atoms with Crippen molar-refractivity contribution >= 4 is 11.8 Å². The number of aliphatic hydroxyl groups excluding tert-OH is 2. The minimum absolute atomic E-state index is 0.0509. The van der Waals surface area contributed by atoms with Crippen molar-refractivity contribution in [2.45, 2.75) is 37.9 Å². The highest BCUT2D eigenvalue weighted by molar-refractivity contribution is 5.94. The zero-order chi connectivity index (χ0) is 22.6. The lowest BCUT2D eigenvalue weighted by atomic mass is 9.73. The highest BCUT2D eigenvalue weighted by Crippen LogP contribution is 2.37. The molecule has 0 radical (unpaired) electrons. The van der Waals surface area contributed by atoms with Gasteiger partial charge in [-0.25, -0.2) is 0 Å². The Labute approximate surface area is 187 Å². The van der Waals surface area contributed by atoms with E-state index < -0.39 is 17.6 Å². The van der Waals surface area contributed by atoms with Gasteiger partial charge in [0, 0.05) is 44.0 Å². The monoisotopic (exact) mass is 439 g/mol. The zero-order valence-electron chi connectivity index (χ0n) is 17.9. The molecule has 1 aromatic heterocycles. The molecule has 8 nitrogen and oxygen atoms in total. The van der Waals surface area contributed by atoms with E-state index in [-0.39, 0.29) is 24.8 Å². The third-order valence-electron chi connectivity index (χ3n) is 6.55. The second-order valence-electron chi connectivity index (χ2n) is 8.74. The summed E-state index contributed by atoms with van der Waals surface area (Å²) in [6.45, 7) is 1.27. The van der Waals surface area contributed by atoms with Gasteiger partial charge in [0.25, 0.3) is 11.8 Å². The van der Waals surface area contributed by atoms with Gasteiger partial charge in [0.2, 0.25) is 0 Å². The Morgan fingerprint density at radius 2 is 1.81 bits per heavy atom. The number of nitrogens with one attached hydrogen (secondary N) is 1. The van der Waals surface area contributed by atoms with Crippen LogP contribution in [0.15, 0.2) is 48.8 Å². The zero-order valence-corrected chi connectivity index (χ0v) is 17.9. The highest BCUT2D eigenvalue weighted by atomic mass is 16.5. The van der Waals surface area contributed by atoms with Gasteiger partial charge in [-0.3, -0.25) is 14.6 Å². The summed E-state index contributed by atoms with van der Waals surface area (Å²) in [5.74, 6) is 0.252. The van der Waals surface area contributed by atoms with Gasteiger partial charge in [-0.05, 0) is 48.4 Å². The van der Waals surface area contributed by atoms with Crippen LogP contribution >= 0.6 is 0 Å². The molecule has 170 valence electrons. The van der Waals surface area contributed by atoms with E-state index in [2.05, 4.69) is 10.3 Å². The molecule has 3 N–H and O–H groups in total. The molecule has 1 spiro atoms. The summed E-state index contributed by atoms with van der Waals surface area (Å²) < 4.78 is 5.67. The number of hydrogen-bond acceptors (Lipinski definition) is 6. The molecule has 2 aliphatic heterocycles. The molecule has 1 aromatic carbocycles. The first-order valence-electron chi connectivity index (χ1n) is 11.0. The van der Waals surface area contributed by atoms with Gasteiger partial charge in [0.05, 0.1) is 12.2 Å². The van der Waals surface area contributed by atoms with Crippen molar-refractivity contribution in [3.05, 3.63) is 59.9 Å². The number of carbonyl (C=O) groups excluding carboxylic acids is 2. The number of nitrogens with zero attached hydrogens (tertiary/aromatic N) is 2. The molecule has 32 heavy (non-hydrogen) atoms. The summed E-state index contributed by atoms with van der Waals surface area (Å²) in [4.78, 5) is 31.0. The molecule has 0 bridgehead atoms. The number of fused-ring (bicyclic) bond motifs is 1. The fourth-order valence-electron chi connectivity index (χ4n) is 4.55. The second kappa shape index (κ2) is 9.67. The van der Waals surface area contributed by atoms with Crippen LogP contribution < -0.4 is 10.1 Å². The Kier molecular flexibility index (Phi) is 6.72. The fourth-order valence-corrected chi connectivity index (χ4v) is 4.55. The number of para-hydroxylation sites is 1. The molecule has 3 heterocycles. The van der Waals surface area contributed by atoms with Gasteiger partial charge < -0.3 is 25.2 Å². The van der Waals surface area contributed by atoms with Gasteiger partial charge in [0.15, 0.2) is 6.61 Å². The number of ether oxygens (including phenoxy) is 1. The number of hydrogen-bond donors (Lipinski definition) is 3. The van der Waals surface area contributed by atoms with Crippen LogP contribution in [0.3, 0.4) is 0 Å². The smallest absolute Gasteiger partial charge is 0.257 e. The Hall–Kier alpha value is -2.97. The van der Waals surface area contributed by atoms with Crippen molar-refractivity contribution in [3.8, 4) is 5.75 Å². The van der Waals surface area contributed by atoms with Crippen LogP contribution in [0.2, 0.25) is 0 Å². The van der Waals surface area contributed by atoms with E-state index in [0.717, 1.165) is 5.56 Å². The maximum atomic E-state index is 12.8. The number of carbonyl (C=O) groups is 2. The summed E-state index contributed by atoms with van der Waals surface area (Å²) >= 11 is 0. The summed E-state index contributed by atoms with van der Waals surface area (Å²) in [5.41, 5.74) is 0.928. The normalized spacial score (nSPS) is 23.8. The van der Waals surface area contributed by atoms with Crippen LogP contribution in [0.25, 0.3) is 0 Å². The first-order valence-corrected chi connectivity index (χ1v) is 11.0. The predicted molar refractivity (Wildman–Crippen MR) is 117 cm³/mol. The largest absolute Gasteiger partial charge is 0.483 e. The Balaban J connectivity index is 1.48. The van der Waals surface area contributed by atoms with Gasteiger partial charge >= 0.3 is 0 Å². The van der Waals surface area contributed by atoms with Crippen LogP contribution in [0.5, 0.6) is 5.75 Å². The minimum Gasteiger partial charge on any atom is -0.483 e. The number of benzene rings is 1. The van der Waals surface area contributed by atoms with Gasteiger partial charge in [-0.1, -0.05) is 18.2 Å². The summed E-state index contributed by atoms with van der Waals surface area (Å²) in [6, 6.07) is 10.6. The van der Waals surface area contributed by atoms with E-state index in [1.807, 2.05) is 12.1 Å².